The number of likely N-dealkylation sites (tertiary alicyclic amines) is 1. The lowest BCUT2D eigenvalue weighted by Crippen LogP contribution is -2.48. The van der Waals surface area contributed by atoms with Crippen LogP contribution in [0.1, 0.15) is 53.9 Å². The Morgan fingerprint density at radius 2 is 1.89 bits per heavy atom. The van der Waals surface area contributed by atoms with Crippen LogP contribution in [0.3, 0.4) is 0 Å². The summed E-state index contributed by atoms with van der Waals surface area (Å²) < 4.78 is 0. The van der Waals surface area contributed by atoms with Gasteiger partial charge in [-0.05, 0) is 55.5 Å². The fourth-order valence-electron chi connectivity index (χ4n) is 4.22. The molecular formula is C17H34N2. The van der Waals surface area contributed by atoms with Gasteiger partial charge in [-0.3, -0.25) is 0 Å². The Bertz CT molecular complexity index is 287. The van der Waals surface area contributed by atoms with Gasteiger partial charge in [0, 0.05) is 19.1 Å². The fourth-order valence-corrected chi connectivity index (χ4v) is 4.22. The van der Waals surface area contributed by atoms with Crippen molar-refractivity contribution < 1.29 is 0 Å². The molecule has 19 heavy (non-hydrogen) atoms. The summed E-state index contributed by atoms with van der Waals surface area (Å²) in [6.45, 7) is 17.0. The van der Waals surface area contributed by atoms with E-state index in [4.69, 9.17) is 0 Å². The monoisotopic (exact) mass is 266 g/mol. The van der Waals surface area contributed by atoms with Crippen LogP contribution in [0, 0.1) is 23.2 Å². The zero-order valence-corrected chi connectivity index (χ0v) is 13.7. The first-order valence-electron chi connectivity index (χ1n) is 8.39. The van der Waals surface area contributed by atoms with Crippen molar-refractivity contribution in [2.45, 2.75) is 59.9 Å². The average molecular weight is 266 g/mol. The molecule has 2 rings (SSSR count). The van der Waals surface area contributed by atoms with Crippen LogP contribution >= 0.6 is 0 Å². The van der Waals surface area contributed by atoms with E-state index in [-0.39, 0.29) is 0 Å². The topological polar surface area (TPSA) is 15.3 Å². The fraction of sp³-hybridized carbons (Fsp3) is 1.00. The number of nitrogens with zero attached hydrogens (tertiary/aromatic N) is 1. The van der Waals surface area contributed by atoms with Gasteiger partial charge in [0.2, 0.25) is 0 Å². The van der Waals surface area contributed by atoms with Gasteiger partial charge in [0.1, 0.15) is 0 Å². The molecule has 2 heteroatoms. The molecule has 0 aromatic rings. The van der Waals surface area contributed by atoms with E-state index in [1.165, 1.54) is 38.9 Å². The molecule has 0 aromatic heterocycles. The van der Waals surface area contributed by atoms with Crippen LogP contribution in [0.25, 0.3) is 0 Å². The molecule has 0 bridgehead atoms. The number of hydrogen-bond acceptors (Lipinski definition) is 2. The summed E-state index contributed by atoms with van der Waals surface area (Å²) in [7, 11) is 0. The van der Waals surface area contributed by atoms with Gasteiger partial charge in [0.05, 0.1) is 0 Å². The van der Waals surface area contributed by atoms with Crippen molar-refractivity contribution in [1.29, 1.82) is 0 Å². The summed E-state index contributed by atoms with van der Waals surface area (Å²) in [6.07, 6.45) is 4.18. The molecule has 1 saturated carbocycles. The predicted molar refractivity (Wildman–Crippen MR) is 83.4 cm³/mol. The number of rotatable bonds is 4. The van der Waals surface area contributed by atoms with Crippen LogP contribution in [-0.2, 0) is 0 Å². The van der Waals surface area contributed by atoms with Crippen molar-refractivity contribution in [3.8, 4) is 0 Å². The maximum atomic E-state index is 3.77. The van der Waals surface area contributed by atoms with Gasteiger partial charge in [-0.25, -0.2) is 0 Å². The van der Waals surface area contributed by atoms with Crippen LogP contribution in [0.4, 0.5) is 0 Å². The number of nitrogens with one attached hydrogen (secondary N) is 1. The molecule has 0 aromatic carbocycles. The molecule has 1 saturated heterocycles. The number of hydrogen-bond donors (Lipinski definition) is 1. The Labute approximate surface area is 120 Å². The van der Waals surface area contributed by atoms with Crippen molar-refractivity contribution in [2.75, 3.05) is 26.2 Å². The minimum absolute atomic E-state index is 0.482. The van der Waals surface area contributed by atoms with E-state index in [1.54, 1.807) is 0 Å². The maximum absolute atomic E-state index is 3.77. The van der Waals surface area contributed by atoms with E-state index in [0.29, 0.717) is 11.5 Å². The molecule has 2 aliphatic rings. The van der Waals surface area contributed by atoms with Gasteiger partial charge >= 0.3 is 0 Å². The van der Waals surface area contributed by atoms with E-state index in [1.807, 2.05) is 0 Å². The summed E-state index contributed by atoms with van der Waals surface area (Å²) in [6, 6.07) is 0.715. The van der Waals surface area contributed by atoms with Gasteiger partial charge < -0.3 is 10.2 Å². The lowest BCUT2D eigenvalue weighted by Gasteiger charge is -2.39. The van der Waals surface area contributed by atoms with Crippen molar-refractivity contribution in [3.63, 3.8) is 0 Å². The SMILES string of the molecule is CCNC1C(CN2CCC(C)C(C)C2)CCC1(C)C. The Balaban J connectivity index is 1.91. The Kier molecular flexibility index (Phi) is 4.94. The van der Waals surface area contributed by atoms with Crippen LogP contribution in [0.2, 0.25) is 0 Å². The van der Waals surface area contributed by atoms with Gasteiger partial charge in [-0.15, -0.1) is 0 Å². The highest BCUT2D eigenvalue weighted by molar-refractivity contribution is 4.97. The minimum Gasteiger partial charge on any atom is -0.313 e. The second-order valence-corrected chi connectivity index (χ2v) is 7.83. The lowest BCUT2D eigenvalue weighted by molar-refractivity contribution is 0.109. The van der Waals surface area contributed by atoms with Crippen molar-refractivity contribution in [3.05, 3.63) is 0 Å². The zero-order valence-electron chi connectivity index (χ0n) is 13.7. The molecule has 1 aliphatic heterocycles. The predicted octanol–water partition coefficient (Wildman–Crippen LogP) is 3.38. The van der Waals surface area contributed by atoms with E-state index in [0.717, 1.165) is 24.3 Å². The first kappa shape index (κ1) is 15.3. The van der Waals surface area contributed by atoms with E-state index in [9.17, 15) is 0 Å². The maximum Gasteiger partial charge on any atom is 0.0159 e. The molecule has 4 unspecified atom stereocenters. The standard InChI is InChI=1S/C17H34N2/c1-6-18-16-15(7-9-17(16,4)5)12-19-10-8-13(2)14(3)11-19/h13-16,18H,6-12H2,1-5H3. The normalized spacial score (nSPS) is 39.6. The highest BCUT2D eigenvalue weighted by atomic mass is 15.1. The first-order valence-corrected chi connectivity index (χ1v) is 8.39. The molecule has 2 fully saturated rings. The summed E-state index contributed by atoms with van der Waals surface area (Å²) >= 11 is 0. The van der Waals surface area contributed by atoms with E-state index >= 15 is 0 Å². The van der Waals surface area contributed by atoms with E-state index < -0.39 is 0 Å². The van der Waals surface area contributed by atoms with Gasteiger partial charge in [-0.1, -0.05) is 34.6 Å². The molecule has 1 heterocycles. The molecule has 0 amide bonds. The molecule has 2 nitrogen and oxygen atoms in total. The van der Waals surface area contributed by atoms with Crippen LogP contribution in [-0.4, -0.2) is 37.1 Å². The summed E-state index contributed by atoms with van der Waals surface area (Å²) in [4.78, 5) is 2.74. The Morgan fingerprint density at radius 1 is 1.16 bits per heavy atom. The third kappa shape index (κ3) is 3.52. The average Bonchev–Trinajstić information content (AvgIpc) is 2.62. The molecular weight excluding hydrogens is 232 g/mol. The minimum atomic E-state index is 0.482. The number of piperidine rings is 1. The summed E-state index contributed by atoms with van der Waals surface area (Å²) in [5.41, 5.74) is 0.482. The first-order chi connectivity index (χ1) is 8.94. The van der Waals surface area contributed by atoms with Crippen LogP contribution in [0.15, 0.2) is 0 Å². The highest BCUT2D eigenvalue weighted by Gasteiger charge is 2.42. The summed E-state index contributed by atoms with van der Waals surface area (Å²) in [5.74, 6) is 2.65. The van der Waals surface area contributed by atoms with Crippen LogP contribution < -0.4 is 5.32 Å². The molecule has 1 N–H and O–H groups in total. The molecule has 112 valence electrons. The van der Waals surface area contributed by atoms with Crippen molar-refractivity contribution >= 4 is 0 Å². The quantitative estimate of drug-likeness (QED) is 0.839. The van der Waals surface area contributed by atoms with E-state index in [2.05, 4.69) is 44.8 Å². The Hall–Kier alpha value is -0.0800. The zero-order chi connectivity index (χ0) is 14.0. The molecule has 1 aliphatic carbocycles. The lowest BCUT2D eigenvalue weighted by atomic mass is 9.84. The van der Waals surface area contributed by atoms with Crippen molar-refractivity contribution in [1.82, 2.24) is 10.2 Å². The molecule has 0 radical (unpaired) electrons. The molecule has 4 atom stereocenters. The van der Waals surface area contributed by atoms with Crippen molar-refractivity contribution in [2.24, 2.45) is 23.2 Å². The highest BCUT2D eigenvalue weighted by Crippen LogP contribution is 2.42. The third-order valence-corrected chi connectivity index (χ3v) is 5.81. The second-order valence-electron chi connectivity index (χ2n) is 7.83. The molecule has 0 spiro atoms. The van der Waals surface area contributed by atoms with Gasteiger partial charge in [0.15, 0.2) is 0 Å². The van der Waals surface area contributed by atoms with Gasteiger partial charge in [0.25, 0.3) is 0 Å². The second kappa shape index (κ2) is 6.13. The van der Waals surface area contributed by atoms with Gasteiger partial charge in [-0.2, -0.15) is 0 Å². The smallest absolute Gasteiger partial charge is 0.0159 e. The largest absolute Gasteiger partial charge is 0.313 e. The Morgan fingerprint density at radius 3 is 2.53 bits per heavy atom. The third-order valence-electron chi connectivity index (χ3n) is 5.81. The summed E-state index contributed by atoms with van der Waals surface area (Å²) in [5, 5.41) is 3.77. The van der Waals surface area contributed by atoms with Crippen LogP contribution in [0.5, 0.6) is 0 Å².